The predicted octanol–water partition coefficient (Wildman–Crippen LogP) is 4.10. The molecule has 0 atom stereocenters. The number of hydrogen-bond donors (Lipinski definition) is 1. The molecule has 166 valence electrons. The molecule has 1 N–H and O–H groups in total. The zero-order valence-corrected chi connectivity index (χ0v) is 18.3. The number of amides is 1. The Kier molecular flexibility index (Phi) is 8.26. The standard InChI is InChI=1S/C26H27NO5/c1-19(28)32-23-10-6-9-22(15-23)17-26(29)27-14-13-20-11-12-24(30-2)25(16-20)31-18-21-7-4-3-5-8-21/h3-12,15-16H,13-14,17-18H2,1-2H3,(H,27,29). The summed E-state index contributed by atoms with van der Waals surface area (Å²) in [6.07, 6.45) is 0.869. The van der Waals surface area contributed by atoms with Crippen LogP contribution in [-0.4, -0.2) is 25.5 Å². The molecular weight excluding hydrogens is 406 g/mol. The Balaban J connectivity index is 1.51. The molecule has 0 aromatic heterocycles. The molecule has 0 bridgehead atoms. The average Bonchev–Trinajstić information content (AvgIpc) is 2.78. The molecule has 3 rings (SSSR count). The first-order valence-corrected chi connectivity index (χ1v) is 10.4. The number of esters is 1. The van der Waals surface area contributed by atoms with Gasteiger partial charge in [-0.05, 0) is 47.4 Å². The zero-order chi connectivity index (χ0) is 22.8. The first kappa shape index (κ1) is 22.9. The first-order chi connectivity index (χ1) is 15.5. The number of nitrogens with one attached hydrogen (secondary N) is 1. The number of ether oxygens (including phenoxy) is 3. The molecular formula is C26H27NO5. The van der Waals surface area contributed by atoms with Crippen molar-refractivity contribution in [3.8, 4) is 17.2 Å². The Labute approximate surface area is 188 Å². The van der Waals surface area contributed by atoms with E-state index in [0.29, 0.717) is 36.8 Å². The van der Waals surface area contributed by atoms with Crippen LogP contribution in [0.15, 0.2) is 72.8 Å². The van der Waals surface area contributed by atoms with Crippen LogP contribution < -0.4 is 19.5 Å². The number of benzene rings is 3. The highest BCUT2D eigenvalue weighted by Gasteiger charge is 2.09. The van der Waals surface area contributed by atoms with Gasteiger partial charge >= 0.3 is 5.97 Å². The SMILES string of the molecule is COc1ccc(CCNC(=O)Cc2cccc(OC(C)=O)c2)cc1OCc1ccccc1. The molecule has 0 aliphatic carbocycles. The van der Waals surface area contributed by atoms with Crippen molar-refractivity contribution < 1.29 is 23.8 Å². The monoisotopic (exact) mass is 433 g/mol. The van der Waals surface area contributed by atoms with E-state index in [0.717, 1.165) is 16.7 Å². The van der Waals surface area contributed by atoms with Gasteiger partial charge in [0.2, 0.25) is 5.91 Å². The van der Waals surface area contributed by atoms with Gasteiger partial charge in [-0.1, -0.05) is 48.5 Å². The molecule has 32 heavy (non-hydrogen) atoms. The second kappa shape index (κ2) is 11.6. The second-order valence-corrected chi connectivity index (χ2v) is 7.28. The van der Waals surface area contributed by atoms with Gasteiger partial charge < -0.3 is 19.5 Å². The van der Waals surface area contributed by atoms with Crippen LogP contribution in [0.25, 0.3) is 0 Å². The van der Waals surface area contributed by atoms with E-state index in [1.54, 1.807) is 25.3 Å². The van der Waals surface area contributed by atoms with E-state index in [9.17, 15) is 9.59 Å². The summed E-state index contributed by atoms with van der Waals surface area (Å²) in [5.74, 6) is 1.28. The van der Waals surface area contributed by atoms with Gasteiger partial charge in [-0.3, -0.25) is 9.59 Å². The Bertz CT molecular complexity index is 1050. The Morgan fingerprint density at radius 1 is 0.844 bits per heavy atom. The molecule has 0 fully saturated rings. The topological polar surface area (TPSA) is 73.9 Å². The summed E-state index contributed by atoms with van der Waals surface area (Å²) in [5, 5.41) is 2.93. The van der Waals surface area contributed by atoms with E-state index >= 15 is 0 Å². The van der Waals surface area contributed by atoms with Gasteiger partial charge in [0, 0.05) is 13.5 Å². The molecule has 0 heterocycles. The van der Waals surface area contributed by atoms with Gasteiger partial charge in [-0.2, -0.15) is 0 Å². The van der Waals surface area contributed by atoms with Crippen LogP contribution in [0, 0.1) is 0 Å². The fourth-order valence-corrected chi connectivity index (χ4v) is 3.20. The Morgan fingerprint density at radius 3 is 2.38 bits per heavy atom. The highest BCUT2D eigenvalue weighted by Crippen LogP contribution is 2.29. The van der Waals surface area contributed by atoms with Crippen LogP contribution in [0.1, 0.15) is 23.6 Å². The van der Waals surface area contributed by atoms with Crippen molar-refractivity contribution >= 4 is 11.9 Å². The van der Waals surface area contributed by atoms with Crippen molar-refractivity contribution in [3.63, 3.8) is 0 Å². The maximum absolute atomic E-state index is 12.3. The lowest BCUT2D eigenvalue weighted by molar-refractivity contribution is -0.131. The van der Waals surface area contributed by atoms with Gasteiger partial charge in [0.1, 0.15) is 12.4 Å². The predicted molar refractivity (Wildman–Crippen MR) is 122 cm³/mol. The number of hydrogen-bond acceptors (Lipinski definition) is 5. The quantitative estimate of drug-likeness (QED) is 0.385. The van der Waals surface area contributed by atoms with Crippen molar-refractivity contribution in [1.29, 1.82) is 0 Å². The molecule has 0 radical (unpaired) electrons. The van der Waals surface area contributed by atoms with Gasteiger partial charge in [-0.15, -0.1) is 0 Å². The lowest BCUT2D eigenvalue weighted by Crippen LogP contribution is -2.27. The molecule has 6 nitrogen and oxygen atoms in total. The van der Waals surface area contributed by atoms with E-state index in [2.05, 4.69) is 5.32 Å². The van der Waals surface area contributed by atoms with E-state index in [1.165, 1.54) is 6.92 Å². The third kappa shape index (κ3) is 7.16. The van der Waals surface area contributed by atoms with Crippen LogP contribution in [-0.2, 0) is 29.0 Å². The molecule has 0 aliphatic heterocycles. The van der Waals surface area contributed by atoms with E-state index in [1.807, 2.05) is 54.6 Å². The lowest BCUT2D eigenvalue weighted by atomic mass is 10.1. The highest BCUT2D eigenvalue weighted by molar-refractivity contribution is 5.78. The van der Waals surface area contributed by atoms with Crippen molar-refractivity contribution in [1.82, 2.24) is 5.32 Å². The largest absolute Gasteiger partial charge is 0.493 e. The Morgan fingerprint density at radius 2 is 1.62 bits per heavy atom. The molecule has 0 saturated heterocycles. The summed E-state index contributed by atoms with van der Waals surface area (Å²) in [6.45, 7) is 2.29. The summed E-state index contributed by atoms with van der Waals surface area (Å²) in [7, 11) is 1.61. The fraction of sp³-hybridized carbons (Fsp3) is 0.231. The summed E-state index contributed by atoms with van der Waals surface area (Å²) in [5.41, 5.74) is 2.89. The number of methoxy groups -OCH3 is 1. The summed E-state index contributed by atoms with van der Waals surface area (Å²) < 4.78 is 16.4. The van der Waals surface area contributed by atoms with Crippen molar-refractivity contribution in [2.45, 2.75) is 26.4 Å². The summed E-state index contributed by atoms with van der Waals surface area (Å²) >= 11 is 0. The summed E-state index contributed by atoms with van der Waals surface area (Å²) in [6, 6.07) is 22.7. The third-order valence-corrected chi connectivity index (χ3v) is 4.73. The molecule has 0 unspecified atom stereocenters. The van der Waals surface area contributed by atoms with Gasteiger partial charge in [0.25, 0.3) is 0 Å². The van der Waals surface area contributed by atoms with Crippen LogP contribution in [0.4, 0.5) is 0 Å². The molecule has 6 heteroatoms. The first-order valence-electron chi connectivity index (χ1n) is 10.4. The molecule has 0 aliphatic rings. The van der Waals surface area contributed by atoms with Crippen molar-refractivity contribution in [2.24, 2.45) is 0 Å². The van der Waals surface area contributed by atoms with Crippen LogP contribution in [0.3, 0.4) is 0 Å². The summed E-state index contributed by atoms with van der Waals surface area (Å²) in [4.78, 5) is 23.4. The van der Waals surface area contributed by atoms with Crippen molar-refractivity contribution in [3.05, 3.63) is 89.5 Å². The van der Waals surface area contributed by atoms with Crippen LogP contribution in [0.2, 0.25) is 0 Å². The minimum Gasteiger partial charge on any atom is -0.493 e. The zero-order valence-electron chi connectivity index (χ0n) is 18.3. The molecule has 3 aromatic carbocycles. The van der Waals surface area contributed by atoms with E-state index in [4.69, 9.17) is 14.2 Å². The molecule has 1 amide bonds. The number of rotatable bonds is 10. The maximum Gasteiger partial charge on any atom is 0.308 e. The van der Waals surface area contributed by atoms with Gasteiger partial charge in [0.05, 0.1) is 13.5 Å². The highest BCUT2D eigenvalue weighted by atomic mass is 16.5. The smallest absolute Gasteiger partial charge is 0.308 e. The van der Waals surface area contributed by atoms with E-state index in [-0.39, 0.29) is 12.3 Å². The minimum absolute atomic E-state index is 0.0981. The lowest BCUT2D eigenvalue weighted by Gasteiger charge is -2.13. The van der Waals surface area contributed by atoms with Crippen molar-refractivity contribution in [2.75, 3.05) is 13.7 Å². The van der Waals surface area contributed by atoms with E-state index < -0.39 is 5.97 Å². The number of carbonyl (C=O) groups excluding carboxylic acids is 2. The Hall–Kier alpha value is -3.80. The normalized spacial score (nSPS) is 10.3. The average molecular weight is 434 g/mol. The molecule has 0 spiro atoms. The van der Waals surface area contributed by atoms with Crippen LogP contribution in [0.5, 0.6) is 17.2 Å². The van der Waals surface area contributed by atoms with Gasteiger partial charge in [0.15, 0.2) is 11.5 Å². The maximum atomic E-state index is 12.3. The van der Waals surface area contributed by atoms with Crippen LogP contribution >= 0.6 is 0 Å². The third-order valence-electron chi connectivity index (χ3n) is 4.73. The molecule has 0 saturated carbocycles. The number of carbonyl (C=O) groups is 2. The second-order valence-electron chi connectivity index (χ2n) is 7.28. The fourth-order valence-electron chi connectivity index (χ4n) is 3.20. The minimum atomic E-state index is -0.391. The van der Waals surface area contributed by atoms with Gasteiger partial charge in [-0.25, -0.2) is 0 Å². The molecule has 3 aromatic rings.